The first-order valence-corrected chi connectivity index (χ1v) is 17.3. The molecule has 4 aromatic carbocycles. The van der Waals surface area contributed by atoms with Crippen molar-refractivity contribution in [2.45, 2.75) is 73.9 Å². The van der Waals surface area contributed by atoms with Gasteiger partial charge in [0.25, 0.3) is 0 Å². The standard InChI is InChI=1S/C38H40N2O3S/c1-4-5-6-12-23-39-34-16-11-10-15-31(34)32-26-28(17-19-35(32)39)21-22-38-37(2,3)33-27-30(18-20-36(33)40(38)24-25-43-38)44(41,42)29-13-8-7-9-14-29/h7-11,13-22,26-27H,4-6,12,23-25H2,1-3H3/b22-21+. The zero-order chi connectivity index (χ0) is 30.5. The van der Waals surface area contributed by atoms with Gasteiger partial charge >= 0.3 is 0 Å². The van der Waals surface area contributed by atoms with Crippen LogP contribution < -0.4 is 4.90 Å². The van der Waals surface area contributed by atoms with Gasteiger partial charge in [0.05, 0.1) is 16.4 Å². The van der Waals surface area contributed by atoms with E-state index in [1.54, 1.807) is 30.3 Å². The van der Waals surface area contributed by atoms with E-state index in [-0.39, 0.29) is 0 Å². The van der Waals surface area contributed by atoms with Gasteiger partial charge in [-0.25, -0.2) is 8.42 Å². The Morgan fingerprint density at radius 3 is 2.41 bits per heavy atom. The Kier molecular flexibility index (Phi) is 7.18. The van der Waals surface area contributed by atoms with Crippen molar-refractivity contribution in [3.05, 3.63) is 108 Å². The van der Waals surface area contributed by atoms with E-state index in [4.69, 9.17) is 4.74 Å². The fourth-order valence-corrected chi connectivity index (χ4v) is 8.68. The van der Waals surface area contributed by atoms with E-state index in [9.17, 15) is 8.42 Å². The number of aryl methyl sites for hydroxylation is 1. The number of nitrogens with zero attached hydrogens (tertiary/aromatic N) is 2. The summed E-state index contributed by atoms with van der Waals surface area (Å²) in [6, 6.07) is 29.7. The van der Waals surface area contributed by atoms with Crippen LogP contribution in [-0.2, 0) is 26.5 Å². The third kappa shape index (κ3) is 4.41. The molecule has 3 heterocycles. The number of anilines is 1. The molecule has 0 amide bonds. The summed E-state index contributed by atoms with van der Waals surface area (Å²) in [5.74, 6) is 0. The minimum atomic E-state index is -3.63. The van der Waals surface area contributed by atoms with Gasteiger partial charge in [-0.3, -0.25) is 0 Å². The van der Waals surface area contributed by atoms with Crippen LogP contribution >= 0.6 is 0 Å². The van der Waals surface area contributed by atoms with Crippen LogP contribution in [0.5, 0.6) is 0 Å². The number of hydrogen-bond donors (Lipinski definition) is 0. The van der Waals surface area contributed by atoms with Crippen molar-refractivity contribution in [3.8, 4) is 0 Å². The molecule has 0 bridgehead atoms. The predicted octanol–water partition coefficient (Wildman–Crippen LogP) is 8.75. The zero-order valence-corrected chi connectivity index (χ0v) is 26.6. The highest BCUT2D eigenvalue weighted by atomic mass is 32.2. The summed E-state index contributed by atoms with van der Waals surface area (Å²) in [4.78, 5) is 2.92. The number of ether oxygens (including phenoxy) is 1. The smallest absolute Gasteiger partial charge is 0.206 e. The van der Waals surface area contributed by atoms with Gasteiger partial charge < -0.3 is 14.2 Å². The van der Waals surface area contributed by atoms with Gasteiger partial charge in [-0.1, -0.05) is 88.6 Å². The summed E-state index contributed by atoms with van der Waals surface area (Å²) < 4.78 is 36.1. The van der Waals surface area contributed by atoms with E-state index in [1.807, 2.05) is 18.2 Å². The minimum absolute atomic E-state index is 0.305. The number of sulfone groups is 1. The van der Waals surface area contributed by atoms with E-state index in [0.717, 1.165) is 29.9 Å². The van der Waals surface area contributed by atoms with Crippen LogP contribution in [0, 0.1) is 0 Å². The molecule has 226 valence electrons. The Morgan fingerprint density at radius 1 is 0.818 bits per heavy atom. The topological polar surface area (TPSA) is 51.5 Å². The number of rotatable bonds is 9. The first-order valence-electron chi connectivity index (χ1n) is 15.8. The van der Waals surface area contributed by atoms with E-state index in [0.29, 0.717) is 16.4 Å². The number of para-hydroxylation sites is 1. The minimum Gasteiger partial charge on any atom is -0.349 e. The lowest BCUT2D eigenvalue weighted by Gasteiger charge is -2.39. The van der Waals surface area contributed by atoms with Crippen LogP contribution in [-0.4, -0.2) is 31.9 Å². The average molecular weight is 605 g/mol. The van der Waals surface area contributed by atoms with Crippen LogP contribution in [0.2, 0.25) is 0 Å². The first kappa shape index (κ1) is 28.9. The van der Waals surface area contributed by atoms with Gasteiger partial charge in [0, 0.05) is 46.0 Å². The first-order chi connectivity index (χ1) is 21.3. The number of unbranched alkanes of at least 4 members (excludes halogenated alkanes) is 3. The molecule has 0 spiro atoms. The Morgan fingerprint density at radius 2 is 1.59 bits per heavy atom. The van der Waals surface area contributed by atoms with Crippen molar-refractivity contribution in [2.75, 3.05) is 18.1 Å². The van der Waals surface area contributed by atoms with Crippen LogP contribution in [0.1, 0.15) is 57.6 Å². The lowest BCUT2D eigenvalue weighted by atomic mass is 9.77. The van der Waals surface area contributed by atoms with Crippen molar-refractivity contribution < 1.29 is 13.2 Å². The predicted molar refractivity (Wildman–Crippen MR) is 180 cm³/mol. The van der Waals surface area contributed by atoms with E-state index >= 15 is 0 Å². The molecule has 5 nitrogen and oxygen atoms in total. The lowest BCUT2D eigenvalue weighted by Crippen LogP contribution is -2.51. The Bertz CT molecular complexity index is 1990. The van der Waals surface area contributed by atoms with Crippen molar-refractivity contribution in [1.82, 2.24) is 4.57 Å². The van der Waals surface area contributed by atoms with Crippen LogP contribution in [0.15, 0.2) is 107 Å². The second-order valence-electron chi connectivity index (χ2n) is 12.7. The summed E-state index contributed by atoms with van der Waals surface area (Å²) in [5, 5.41) is 2.55. The Hall–Kier alpha value is -3.87. The molecule has 44 heavy (non-hydrogen) atoms. The quantitative estimate of drug-likeness (QED) is 0.158. The maximum absolute atomic E-state index is 13.5. The Balaban J connectivity index is 1.25. The summed E-state index contributed by atoms with van der Waals surface area (Å²) in [6.45, 7) is 8.97. The summed E-state index contributed by atoms with van der Waals surface area (Å²) in [7, 11) is -3.63. The number of hydrogen-bond acceptors (Lipinski definition) is 4. The van der Waals surface area contributed by atoms with Crippen molar-refractivity contribution in [2.24, 2.45) is 0 Å². The fourth-order valence-electron chi connectivity index (χ4n) is 7.37. The highest BCUT2D eigenvalue weighted by Gasteiger charge is 2.59. The molecule has 0 aliphatic carbocycles. The number of fused-ring (bicyclic) bond motifs is 6. The zero-order valence-electron chi connectivity index (χ0n) is 25.8. The molecule has 2 aliphatic rings. The van der Waals surface area contributed by atoms with Crippen LogP contribution in [0.4, 0.5) is 5.69 Å². The van der Waals surface area contributed by atoms with E-state index < -0.39 is 21.0 Å². The van der Waals surface area contributed by atoms with Gasteiger partial charge in [0.2, 0.25) is 9.84 Å². The lowest BCUT2D eigenvalue weighted by molar-refractivity contribution is 0.000294. The summed E-state index contributed by atoms with van der Waals surface area (Å²) >= 11 is 0. The highest BCUT2D eigenvalue weighted by Crippen LogP contribution is 2.55. The molecule has 1 fully saturated rings. The van der Waals surface area contributed by atoms with Gasteiger partial charge in [-0.05, 0) is 72.2 Å². The maximum Gasteiger partial charge on any atom is 0.206 e. The summed E-state index contributed by atoms with van der Waals surface area (Å²) in [5.41, 5.74) is 4.50. The monoisotopic (exact) mass is 604 g/mol. The second kappa shape index (κ2) is 10.9. The molecule has 2 aliphatic heterocycles. The maximum atomic E-state index is 13.5. The summed E-state index contributed by atoms with van der Waals surface area (Å²) in [6.07, 6.45) is 9.32. The number of aromatic nitrogens is 1. The van der Waals surface area contributed by atoms with Crippen LogP contribution in [0.25, 0.3) is 27.9 Å². The molecule has 0 N–H and O–H groups in total. The van der Waals surface area contributed by atoms with Crippen molar-refractivity contribution in [3.63, 3.8) is 0 Å². The number of benzene rings is 4. The third-order valence-corrected chi connectivity index (χ3v) is 11.5. The highest BCUT2D eigenvalue weighted by molar-refractivity contribution is 7.91. The SMILES string of the molecule is CCCCCCn1c2ccccc2c2cc(/C=C/C34OCCN3c3ccc(S(=O)(=O)c5ccccc5)cc3C4(C)C)ccc21. The van der Waals surface area contributed by atoms with Gasteiger partial charge in [-0.2, -0.15) is 0 Å². The molecule has 5 aromatic rings. The van der Waals surface area contributed by atoms with Gasteiger partial charge in [0.15, 0.2) is 5.72 Å². The Labute approximate surface area is 260 Å². The molecule has 1 unspecified atom stereocenters. The molecule has 0 radical (unpaired) electrons. The molecular weight excluding hydrogens is 564 g/mol. The van der Waals surface area contributed by atoms with Crippen LogP contribution in [0.3, 0.4) is 0 Å². The van der Waals surface area contributed by atoms with Crippen molar-refractivity contribution in [1.29, 1.82) is 0 Å². The average Bonchev–Trinajstić information content (AvgIpc) is 3.67. The molecule has 7 rings (SSSR count). The molecule has 1 aromatic heterocycles. The fraction of sp³-hybridized carbons (Fsp3) is 0.316. The molecule has 6 heteroatoms. The molecule has 1 atom stereocenters. The third-order valence-electron chi connectivity index (χ3n) is 9.76. The van der Waals surface area contributed by atoms with E-state index in [2.05, 4.69) is 84.9 Å². The normalized spacial score (nSPS) is 19.3. The largest absolute Gasteiger partial charge is 0.349 e. The van der Waals surface area contributed by atoms with Gasteiger partial charge in [0.1, 0.15) is 0 Å². The van der Waals surface area contributed by atoms with E-state index in [1.165, 1.54) is 47.5 Å². The molecular formula is C38H40N2O3S. The molecule has 0 saturated carbocycles. The van der Waals surface area contributed by atoms with Crippen molar-refractivity contribution >= 4 is 43.4 Å². The molecule has 1 saturated heterocycles. The second-order valence-corrected chi connectivity index (χ2v) is 14.6. The van der Waals surface area contributed by atoms with Gasteiger partial charge in [-0.15, -0.1) is 0 Å².